The molecule has 0 aromatic heterocycles. The van der Waals surface area contributed by atoms with E-state index in [1.165, 1.54) is 6.26 Å². The summed E-state index contributed by atoms with van der Waals surface area (Å²) in [5.74, 6) is 0.116. The molecule has 0 aliphatic carbocycles. The first-order valence-electron chi connectivity index (χ1n) is 5.68. The SMILES string of the molecule is CC1(C(=O)CCCS(C)(=O)=O)CCCCO1. The van der Waals surface area contributed by atoms with Gasteiger partial charge in [-0.3, -0.25) is 4.79 Å². The van der Waals surface area contributed by atoms with Gasteiger partial charge >= 0.3 is 0 Å². The van der Waals surface area contributed by atoms with Crippen LogP contribution in [-0.2, 0) is 19.4 Å². The van der Waals surface area contributed by atoms with E-state index in [9.17, 15) is 13.2 Å². The van der Waals surface area contributed by atoms with Gasteiger partial charge in [0.25, 0.3) is 0 Å². The van der Waals surface area contributed by atoms with Crippen molar-refractivity contribution in [1.29, 1.82) is 0 Å². The van der Waals surface area contributed by atoms with Gasteiger partial charge in [-0.25, -0.2) is 8.42 Å². The maximum Gasteiger partial charge on any atom is 0.164 e. The second-order valence-corrected chi connectivity index (χ2v) is 6.95. The van der Waals surface area contributed by atoms with E-state index in [0.29, 0.717) is 19.4 Å². The van der Waals surface area contributed by atoms with E-state index in [-0.39, 0.29) is 11.5 Å². The van der Waals surface area contributed by atoms with Crippen LogP contribution in [0.2, 0.25) is 0 Å². The van der Waals surface area contributed by atoms with Gasteiger partial charge in [0.15, 0.2) is 5.78 Å². The van der Waals surface area contributed by atoms with Gasteiger partial charge in [-0.05, 0) is 32.6 Å². The number of carbonyl (C=O) groups is 1. The van der Waals surface area contributed by atoms with Crippen molar-refractivity contribution < 1.29 is 17.9 Å². The number of hydrogen-bond acceptors (Lipinski definition) is 4. The summed E-state index contributed by atoms with van der Waals surface area (Å²) in [6.45, 7) is 2.45. The van der Waals surface area contributed by atoms with Crippen molar-refractivity contribution >= 4 is 15.6 Å². The summed E-state index contributed by atoms with van der Waals surface area (Å²) in [6.07, 6.45) is 4.65. The van der Waals surface area contributed by atoms with Crippen LogP contribution in [-0.4, -0.2) is 38.4 Å². The van der Waals surface area contributed by atoms with E-state index in [0.717, 1.165) is 19.3 Å². The fraction of sp³-hybridized carbons (Fsp3) is 0.909. The molecule has 5 heteroatoms. The largest absolute Gasteiger partial charge is 0.368 e. The Morgan fingerprint density at radius 1 is 1.38 bits per heavy atom. The molecular weight excluding hydrogens is 228 g/mol. The van der Waals surface area contributed by atoms with Crippen LogP contribution >= 0.6 is 0 Å². The molecule has 1 unspecified atom stereocenters. The van der Waals surface area contributed by atoms with Crippen molar-refractivity contribution in [2.24, 2.45) is 0 Å². The summed E-state index contributed by atoms with van der Waals surface area (Å²) < 4.78 is 27.4. The molecule has 0 aromatic carbocycles. The second-order valence-electron chi connectivity index (χ2n) is 4.69. The Bertz CT molecular complexity index is 339. The highest BCUT2D eigenvalue weighted by Crippen LogP contribution is 2.26. The summed E-state index contributed by atoms with van der Waals surface area (Å²) in [5.41, 5.74) is -0.671. The Hall–Kier alpha value is -0.420. The van der Waals surface area contributed by atoms with Gasteiger partial charge < -0.3 is 4.74 Å². The maximum atomic E-state index is 11.9. The number of ketones is 1. The van der Waals surface area contributed by atoms with E-state index in [4.69, 9.17) is 4.74 Å². The molecule has 1 atom stereocenters. The topological polar surface area (TPSA) is 60.4 Å². The number of rotatable bonds is 5. The lowest BCUT2D eigenvalue weighted by atomic mass is 9.89. The molecule has 0 amide bonds. The Morgan fingerprint density at radius 3 is 2.56 bits per heavy atom. The van der Waals surface area contributed by atoms with Crippen LogP contribution in [0.5, 0.6) is 0 Å². The molecular formula is C11H20O4S. The van der Waals surface area contributed by atoms with Gasteiger partial charge in [0.05, 0.1) is 5.75 Å². The Morgan fingerprint density at radius 2 is 2.06 bits per heavy atom. The highest BCUT2D eigenvalue weighted by molar-refractivity contribution is 7.90. The molecule has 0 saturated carbocycles. The molecule has 1 rings (SSSR count). The average Bonchev–Trinajstić information content (AvgIpc) is 2.16. The third kappa shape index (κ3) is 4.22. The molecule has 0 N–H and O–H groups in total. The lowest BCUT2D eigenvalue weighted by Gasteiger charge is -2.32. The summed E-state index contributed by atoms with van der Waals surface area (Å²) in [4.78, 5) is 11.9. The summed E-state index contributed by atoms with van der Waals surface area (Å²) in [6, 6.07) is 0. The molecule has 0 aromatic rings. The third-order valence-electron chi connectivity index (χ3n) is 2.98. The van der Waals surface area contributed by atoms with E-state index in [1.807, 2.05) is 6.92 Å². The zero-order valence-corrected chi connectivity index (χ0v) is 10.8. The minimum Gasteiger partial charge on any atom is -0.368 e. The smallest absolute Gasteiger partial charge is 0.164 e. The predicted molar refractivity (Wildman–Crippen MR) is 62.2 cm³/mol. The van der Waals surface area contributed by atoms with E-state index < -0.39 is 15.4 Å². The number of sulfone groups is 1. The van der Waals surface area contributed by atoms with Crippen LogP contribution in [0.3, 0.4) is 0 Å². The normalized spacial score (nSPS) is 26.6. The number of hydrogen-bond donors (Lipinski definition) is 0. The Labute approximate surface area is 97.3 Å². The predicted octanol–water partition coefficient (Wildman–Crippen LogP) is 1.34. The van der Waals surface area contributed by atoms with Crippen LogP contribution in [0, 0.1) is 0 Å². The average molecular weight is 248 g/mol. The first-order valence-corrected chi connectivity index (χ1v) is 7.74. The molecule has 1 fully saturated rings. The van der Waals surface area contributed by atoms with Crippen LogP contribution < -0.4 is 0 Å². The number of carbonyl (C=O) groups excluding carboxylic acids is 1. The minimum absolute atomic E-state index is 0.0378. The van der Waals surface area contributed by atoms with E-state index in [2.05, 4.69) is 0 Å². The molecule has 16 heavy (non-hydrogen) atoms. The lowest BCUT2D eigenvalue weighted by Crippen LogP contribution is -2.41. The van der Waals surface area contributed by atoms with Crippen LogP contribution in [0.25, 0.3) is 0 Å². The molecule has 4 nitrogen and oxygen atoms in total. The molecule has 1 saturated heterocycles. The third-order valence-corrected chi connectivity index (χ3v) is 4.01. The van der Waals surface area contributed by atoms with Crippen molar-refractivity contribution in [1.82, 2.24) is 0 Å². The molecule has 0 spiro atoms. The summed E-state index contributed by atoms with van der Waals surface area (Å²) in [7, 11) is -2.96. The number of ether oxygens (including phenoxy) is 1. The van der Waals surface area contributed by atoms with E-state index >= 15 is 0 Å². The van der Waals surface area contributed by atoms with Crippen molar-refractivity contribution in [2.75, 3.05) is 18.6 Å². The van der Waals surface area contributed by atoms with Gasteiger partial charge in [-0.2, -0.15) is 0 Å². The Balaban J connectivity index is 2.39. The zero-order valence-electron chi connectivity index (χ0n) is 9.99. The highest BCUT2D eigenvalue weighted by Gasteiger charge is 2.34. The van der Waals surface area contributed by atoms with Gasteiger partial charge in [0.1, 0.15) is 15.4 Å². The minimum atomic E-state index is -2.96. The van der Waals surface area contributed by atoms with Gasteiger partial charge in [-0.15, -0.1) is 0 Å². The molecule has 0 radical (unpaired) electrons. The molecule has 1 heterocycles. The van der Waals surface area contributed by atoms with Crippen LogP contribution in [0.1, 0.15) is 39.0 Å². The van der Waals surface area contributed by atoms with Crippen molar-refractivity contribution in [3.05, 3.63) is 0 Å². The van der Waals surface area contributed by atoms with Crippen molar-refractivity contribution in [2.45, 2.75) is 44.6 Å². The molecule has 1 aliphatic heterocycles. The fourth-order valence-electron chi connectivity index (χ4n) is 1.91. The first kappa shape index (κ1) is 13.6. The van der Waals surface area contributed by atoms with Crippen LogP contribution in [0.4, 0.5) is 0 Å². The first-order chi connectivity index (χ1) is 7.33. The summed E-state index contributed by atoms with van der Waals surface area (Å²) in [5, 5.41) is 0. The van der Waals surface area contributed by atoms with Crippen molar-refractivity contribution in [3.63, 3.8) is 0 Å². The molecule has 1 aliphatic rings. The van der Waals surface area contributed by atoms with Gasteiger partial charge in [0, 0.05) is 19.3 Å². The fourth-order valence-corrected chi connectivity index (χ4v) is 2.58. The lowest BCUT2D eigenvalue weighted by molar-refractivity contribution is -0.148. The highest BCUT2D eigenvalue weighted by atomic mass is 32.2. The zero-order chi connectivity index (χ0) is 12.2. The van der Waals surface area contributed by atoms with Crippen LogP contribution in [0.15, 0.2) is 0 Å². The van der Waals surface area contributed by atoms with E-state index in [1.54, 1.807) is 0 Å². The standard InChI is InChI=1S/C11H20O4S/c1-11(7-3-4-8-15-11)10(12)6-5-9-16(2,13)14/h3-9H2,1-2H3. The Kier molecular flexibility index (Phi) is 4.50. The monoisotopic (exact) mass is 248 g/mol. The van der Waals surface area contributed by atoms with Gasteiger partial charge in [0.2, 0.25) is 0 Å². The molecule has 0 bridgehead atoms. The molecule has 94 valence electrons. The maximum absolute atomic E-state index is 11.9. The summed E-state index contributed by atoms with van der Waals surface area (Å²) >= 11 is 0. The second kappa shape index (κ2) is 5.27. The number of Topliss-reactive ketones (excluding diaryl/α,β-unsaturated/α-hetero) is 1. The van der Waals surface area contributed by atoms with Gasteiger partial charge in [-0.1, -0.05) is 0 Å². The quantitative estimate of drug-likeness (QED) is 0.736. The van der Waals surface area contributed by atoms with Crippen molar-refractivity contribution in [3.8, 4) is 0 Å².